The number of hydrogen-bond acceptors (Lipinski definition) is 4. The minimum Gasteiger partial charge on any atom is -0.381 e. The molecular weight excluding hydrogens is 224 g/mol. The molecule has 0 aromatic carbocycles. The molecule has 2 atom stereocenters. The fraction of sp³-hybridized carbons (Fsp3) is 0.818. The minimum absolute atomic E-state index is 0.151. The Balaban J connectivity index is 1.73. The van der Waals surface area contributed by atoms with Crippen LogP contribution in [0, 0.1) is 11.8 Å². The summed E-state index contributed by atoms with van der Waals surface area (Å²) in [4.78, 5) is 16.1. The van der Waals surface area contributed by atoms with Crippen molar-refractivity contribution < 1.29 is 9.53 Å². The molecule has 0 aromatic rings. The number of nitrogens with zero attached hydrogens (tertiary/aromatic N) is 1. The molecule has 1 amide bonds. The van der Waals surface area contributed by atoms with Gasteiger partial charge in [0.2, 0.25) is 5.91 Å². The topological polar surface area (TPSA) is 64.7 Å². The molecule has 2 unspecified atom stereocenters. The van der Waals surface area contributed by atoms with Crippen molar-refractivity contribution in [1.82, 2.24) is 0 Å². The lowest BCUT2D eigenvalue weighted by atomic mass is 10.0. The Morgan fingerprint density at radius 2 is 2.25 bits per heavy atom. The molecule has 2 fully saturated rings. The number of amides is 1. The average molecular weight is 240 g/mol. The lowest BCUT2D eigenvalue weighted by Gasteiger charge is -2.27. The molecule has 1 saturated carbocycles. The summed E-state index contributed by atoms with van der Waals surface area (Å²) in [6.07, 6.45) is 2.99. The number of primary amides is 1. The first-order valence-corrected chi connectivity index (χ1v) is 6.65. The van der Waals surface area contributed by atoms with Crippen LogP contribution in [0.5, 0.6) is 0 Å². The van der Waals surface area contributed by atoms with Crippen molar-refractivity contribution in [2.75, 3.05) is 19.8 Å². The molecule has 3 aliphatic rings. The van der Waals surface area contributed by atoms with Crippen LogP contribution in [0.2, 0.25) is 0 Å². The van der Waals surface area contributed by atoms with Gasteiger partial charge in [0, 0.05) is 31.6 Å². The smallest absolute Gasteiger partial charge is 0.234 e. The van der Waals surface area contributed by atoms with Gasteiger partial charge >= 0.3 is 0 Å². The molecular formula is C11H16N2O2S. The summed E-state index contributed by atoms with van der Waals surface area (Å²) in [5.74, 6) is 0.747. The van der Waals surface area contributed by atoms with Gasteiger partial charge < -0.3 is 10.5 Å². The van der Waals surface area contributed by atoms with Gasteiger partial charge in [-0.15, -0.1) is 0 Å². The van der Waals surface area contributed by atoms with Crippen molar-refractivity contribution in [1.29, 1.82) is 0 Å². The van der Waals surface area contributed by atoms with E-state index >= 15 is 0 Å². The van der Waals surface area contributed by atoms with E-state index in [4.69, 9.17) is 10.5 Å². The number of nitrogens with two attached hydrogens (primary N) is 1. The second-order valence-electron chi connectivity index (χ2n) is 4.82. The zero-order valence-electron chi connectivity index (χ0n) is 9.15. The van der Waals surface area contributed by atoms with Crippen LogP contribution in [0.15, 0.2) is 4.99 Å². The minimum atomic E-state index is -0.296. The second kappa shape index (κ2) is 3.74. The van der Waals surface area contributed by atoms with Crippen molar-refractivity contribution in [3.05, 3.63) is 0 Å². The molecule has 2 N–H and O–H groups in total. The van der Waals surface area contributed by atoms with Crippen molar-refractivity contribution in [3.8, 4) is 0 Å². The molecule has 2 aliphatic heterocycles. The number of carbonyl (C=O) groups excluding carboxylic acids is 1. The number of ether oxygens (including phenoxy) is 1. The number of hydrogen-bond donors (Lipinski definition) is 1. The molecule has 5 heteroatoms. The predicted molar refractivity (Wildman–Crippen MR) is 63.5 cm³/mol. The standard InChI is InChI=1S/C11H16N2O2S/c12-10(14)11-5-8(11)6-13-9(16-11)7-1-3-15-4-2-7/h7-8H,1-6H2,(H2,12,14). The highest BCUT2D eigenvalue weighted by Crippen LogP contribution is 2.58. The van der Waals surface area contributed by atoms with Gasteiger partial charge in [-0.1, -0.05) is 11.8 Å². The third-order valence-corrected chi connectivity index (χ3v) is 5.53. The highest BCUT2D eigenvalue weighted by Gasteiger charge is 2.62. The van der Waals surface area contributed by atoms with E-state index in [1.54, 1.807) is 11.8 Å². The van der Waals surface area contributed by atoms with Crippen LogP contribution >= 0.6 is 11.8 Å². The van der Waals surface area contributed by atoms with Crippen molar-refractivity contribution in [2.24, 2.45) is 22.6 Å². The van der Waals surface area contributed by atoms with Gasteiger partial charge in [0.05, 0.1) is 5.04 Å². The molecule has 0 bridgehead atoms. The SMILES string of the molecule is NC(=O)C12CC1CN=C(C1CCOCC1)S2. The summed E-state index contributed by atoms with van der Waals surface area (Å²) in [6, 6.07) is 0. The van der Waals surface area contributed by atoms with Crippen LogP contribution in [0.4, 0.5) is 0 Å². The Labute approximate surface area is 99.0 Å². The fourth-order valence-electron chi connectivity index (χ4n) is 2.57. The Morgan fingerprint density at radius 1 is 1.50 bits per heavy atom. The highest BCUT2D eigenvalue weighted by atomic mass is 32.2. The summed E-state index contributed by atoms with van der Waals surface area (Å²) in [5, 5.41) is 1.15. The van der Waals surface area contributed by atoms with Gasteiger partial charge in [-0.25, -0.2) is 0 Å². The van der Waals surface area contributed by atoms with E-state index in [-0.39, 0.29) is 10.7 Å². The average Bonchev–Trinajstić information content (AvgIpc) is 3.05. The number of rotatable bonds is 2. The van der Waals surface area contributed by atoms with E-state index < -0.39 is 0 Å². The summed E-state index contributed by atoms with van der Waals surface area (Å²) in [5.41, 5.74) is 5.50. The molecule has 88 valence electrons. The number of thioether (sulfide) groups is 1. The number of fused-ring (bicyclic) bond motifs is 1. The van der Waals surface area contributed by atoms with E-state index in [0.29, 0.717) is 11.8 Å². The molecule has 1 aliphatic carbocycles. The summed E-state index contributed by atoms with van der Waals surface area (Å²) in [7, 11) is 0. The van der Waals surface area contributed by atoms with Crippen molar-refractivity contribution >= 4 is 22.7 Å². The van der Waals surface area contributed by atoms with Crippen LogP contribution < -0.4 is 5.73 Å². The van der Waals surface area contributed by atoms with E-state index in [1.165, 1.54) is 0 Å². The maximum atomic E-state index is 11.5. The summed E-state index contributed by atoms with van der Waals surface area (Å²) in [6.45, 7) is 2.43. The lowest BCUT2D eigenvalue weighted by molar-refractivity contribution is -0.118. The van der Waals surface area contributed by atoms with Crippen molar-refractivity contribution in [3.63, 3.8) is 0 Å². The fourth-order valence-corrected chi connectivity index (χ4v) is 4.11. The van der Waals surface area contributed by atoms with Gasteiger partial charge in [-0.05, 0) is 19.3 Å². The van der Waals surface area contributed by atoms with E-state index in [1.807, 2.05) is 0 Å². The van der Waals surface area contributed by atoms with Crippen molar-refractivity contribution in [2.45, 2.75) is 24.0 Å². The van der Waals surface area contributed by atoms with E-state index in [2.05, 4.69) is 4.99 Å². The lowest BCUT2D eigenvalue weighted by Crippen LogP contribution is -2.35. The van der Waals surface area contributed by atoms with Gasteiger partial charge in [-0.3, -0.25) is 9.79 Å². The Bertz CT molecular complexity index is 352. The van der Waals surface area contributed by atoms with E-state index in [0.717, 1.165) is 44.1 Å². The van der Waals surface area contributed by atoms with Crippen LogP contribution in [-0.4, -0.2) is 35.5 Å². The maximum absolute atomic E-state index is 11.5. The zero-order valence-corrected chi connectivity index (χ0v) is 9.96. The third kappa shape index (κ3) is 1.57. The van der Waals surface area contributed by atoms with Gasteiger partial charge in [0.1, 0.15) is 4.75 Å². The van der Waals surface area contributed by atoms with Crippen LogP contribution in [0.1, 0.15) is 19.3 Å². The van der Waals surface area contributed by atoms with E-state index in [9.17, 15) is 4.79 Å². The van der Waals surface area contributed by atoms with Gasteiger partial charge in [0.25, 0.3) is 0 Å². The molecule has 0 aromatic heterocycles. The monoisotopic (exact) mass is 240 g/mol. The summed E-state index contributed by atoms with van der Waals surface area (Å²) < 4.78 is 5.05. The first-order chi connectivity index (χ1) is 7.72. The maximum Gasteiger partial charge on any atom is 0.234 e. The molecule has 0 radical (unpaired) electrons. The first-order valence-electron chi connectivity index (χ1n) is 5.83. The molecule has 2 heterocycles. The van der Waals surface area contributed by atoms with Crippen LogP contribution in [-0.2, 0) is 9.53 Å². The van der Waals surface area contributed by atoms with Crippen LogP contribution in [0.25, 0.3) is 0 Å². The second-order valence-corrected chi connectivity index (χ2v) is 6.17. The summed E-state index contributed by atoms with van der Waals surface area (Å²) >= 11 is 1.64. The Kier molecular flexibility index (Phi) is 2.47. The Morgan fingerprint density at radius 3 is 2.94 bits per heavy atom. The molecule has 4 nitrogen and oxygen atoms in total. The van der Waals surface area contributed by atoms with Gasteiger partial charge in [-0.2, -0.15) is 0 Å². The highest BCUT2D eigenvalue weighted by molar-refractivity contribution is 8.16. The largest absolute Gasteiger partial charge is 0.381 e. The molecule has 16 heavy (non-hydrogen) atoms. The molecule has 1 saturated heterocycles. The molecule has 0 spiro atoms. The first kappa shape index (κ1) is 10.6. The number of aliphatic imine (C=N–C) groups is 1. The quantitative estimate of drug-likeness (QED) is 0.776. The normalized spacial score (nSPS) is 38.8. The number of carbonyl (C=O) groups is 1. The zero-order chi connectivity index (χ0) is 11.2. The van der Waals surface area contributed by atoms with Gasteiger partial charge in [0.15, 0.2) is 0 Å². The predicted octanol–water partition coefficient (Wildman–Crippen LogP) is 0.802. The Hall–Kier alpha value is -0.550. The molecule has 3 rings (SSSR count). The van der Waals surface area contributed by atoms with Crippen LogP contribution in [0.3, 0.4) is 0 Å². The third-order valence-electron chi connectivity index (χ3n) is 3.79.